The summed E-state index contributed by atoms with van der Waals surface area (Å²) in [4.78, 5) is 12.8. The van der Waals surface area contributed by atoms with Gasteiger partial charge in [0.25, 0.3) is 0 Å². The van der Waals surface area contributed by atoms with Gasteiger partial charge in [-0.3, -0.25) is 4.79 Å². The fourth-order valence-corrected chi connectivity index (χ4v) is 3.27. The molecule has 0 radical (unpaired) electrons. The third-order valence-corrected chi connectivity index (χ3v) is 4.68. The summed E-state index contributed by atoms with van der Waals surface area (Å²) in [6.45, 7) is 3.08. The minimum Gasteiger partial charge on any atom is -0.508 e. The van der Waals surface area contributed by atoms with E-state index in [1.807, 2.05) is 0 Å². The van der Waals surface area contributed by atoms with Crippen molar-refractivity contribution >= 4 is 21.9 Å². The standard InChI is InChI=1S/C18H16O8/c1-18(2)17(24)13(22)8-5-7-12(21)11-9(20)3-6(19)4-10(11)25-15(7)14(23)16(8)26-18/h3-5,13,17,19-20,22-24H,1-2H3. The van der Waals surface area contributed by atoms with Crippen LogP contribution < -0.4 is 10.2 Å². The fourth-order valence-electron chi connectivity index (χ4n) is 3.27. The Morgan fingerprint density at radius 1 is 1.08 bits per heavy atom. The molecule has 1 aliphatic rings. The Bertz CT molecular complexity index is 1130. The number of rotatable bonds is 0. The van der Waals surface area contributed by atoms with E-state index in [0.717, 1.165) is 12.1 Å². The summed E-state index contributed by atoms with van der Waals surface area (Å²) in [5, 5.41) is 50.4. The molecule has 2 heterocycles. The molecule has 0 saturated carbocycles. The summed E-state index contributed by atoms with van der Waals surface area (Å²) in [5.74, 6) is -1.41. The predicted molar refractivity (Wildman–Crippen MR) is 90.7 cm³/mol. The van der Waals surface area contributed by atoms with Crippen LogP contribution in [0, 0.1) is 0 Å². The first-order valence-corrected chi connectivity index (χ1v) is 7.85. The Labute approximate surface area is 146 Å². The molecule has 0 fully saturated rings. The number of phenols is 3. The van der Waals surface area contributed by atoms with Crippen LogP contribution in [0.1, 0.15) is 25.5 Å². The summed E-state index contributed by atoms with van der Waals surface area (Å²) < 4.78 is 11.1. The number of ether oxygens (including phenoxy) is 1. The lowest BCUT2D eigenvalue weighted by Gasteiger charge is -2.40. The van der Waals surface area contributed by atoms with Gasteiger partial charge in [0.05, 0.1) is 5.39 Å². The summed E-state index contributed by atoms with van der Waals surface area (Å²) in [6.07, 6.45) is -2.68. The Balaban J connectivity index is 2.15. The highest BCUT2D eigenvalue weighted by molar-refractivity contribution is 5.97. The molecule has 0 spiro atoms. The molecule has 0 saturated heterocycles. The molecule has 1 aromatic heterocycles. The zero-order valence-electron chi connectivity index (χ0n) is 13.8. The molecule has 136 valence electrons. The molecular weight excluding hydrogens is 344 g/mol. The number of benzene rings is 2. The third kappa shape index (κ3) is 2.06. The van der Waals surface area contributed by atoms with E-state index in [1.165, 1.54) is 6.07 Å². The van der Waals surface area contributed by atoms with Crippen LogP contribution in [0.4, 0.5) is 0 Å². The van der Waals surface area contributed by atoms with Crippen molar-refractivity contribution < 1.29 is 34.7 Å². The number of fused-ring (bicyclic) bond motifs is 3. The quantitative estimate of drug-likeness (QED) is 0.381. The van der Waals surface area contributed by atoms with Crippen LogP contribution in [0.15, 0.2) is 27.4 Å². The van der Waals surface area contributed by atoms with Crippen molar-refractivity contribution in [1.82, 2.24) is 0 Å². The molecule has 8 nitrogen and oxygen atoms in total. The zero-order chi connectivity index (χ0) is 19.0. The van der Waals surface area contributed by atoms with E-state index in [-0.39, 0.29) is 39.0 Å². The molecular formula is C18H16O8. The Kier molecular flexibility index (Phi) is 3.19. The minimum atomic E-state index is -1.40. The van der Waals surface area contributed by atoms with Crippen LogP contribution in [-0.4, -0.2) is 37.2 Å². The van der Waals surface area contributed by atoms with Crippen LogP contribution in [-0.2, 0) is 0 Å². The number of hydrogen-bond donors (Lipinski definition) is 5. The topological polar surface area (TPSA) is 141 Å². The maximum atomic E-state index is 12.8. The second-order valence-electron chi connectivity index (χ2n) is 6.88. The molecule has 0 bridgehead atoms. The highest BCUT2D eigenvalue weighted by Gasteiger charge is 2.44. The van der Waals surface area contributed by atoms with Gasteiger partial charge in [0.1, 0.15) is 40.3 Å². The predicted octanol–water partition coefficient (Wildman–Crippen LogP) is 1.63. The second-order valence-corrected chi connectivity index (χ2v) is 6.88. The van der Waals surface area contributed by atoms with E-state index in [4.69, 9.17) is 9.15 Å². The summed E-state index contributed by atoms with van der Waals surface area (Å²) in [5.41, 5.74) is -2.16. The molecule has 8 heteroatoms. The first kappa shape index (κ1) is 16.5. The van der Waals surface area contributed by atoms with Gasteiger partial charge in [0.15, 0.2) is 11.3 Å². The van der Waals surface area contributed by atoms with Crippen molar-refractivity contribution in [2.45, 2.75) is 31.7 Å². The largest absolute Gasteiger partial charge is 0.508 e. The number of phenolic OH excluding ortho intramolecular Hbond substituents is 3. The molecule has 0 aliphatic carbocycles. The van der Waals surface area contributed by atoms with Crippen LogP contribution in [0.5, 0.6) is 23.0 Å². The molecule has 4 rings (SSSR count). The number of aromatic hydroxyl groups is 3. The van der Waals surface area contributed by atoms with Gasteiger partial charge in [-0.1, -0.05) is 0 Å². The lowest BCUT2D eigenvalue weighted by Crippen LogP contribution is -2.48. The van der Waals surface area contributed by atoms with Gasteiger partial charge in [-0.05, 0) is 19.9 Å². The molecule has 26 heavy (non-hydrogen) atoms. The van der Waals surface area contributed by atoms with E-state index in [0.29, 0.717) is 0 Å². The molecule has 2 aromatic carbocycles. The van der Waals surface area contributed by atoms with Gasteiger partial charge >= 0.3 is 0 Å². The van der Waals surface area contributed by atoms with Gasteiger partial charge in [0, 0.05) is 17.7 Å². The Morgan fingerprint density at radius 3 is 2.46 bits per heavy atom. The normalized spacial score (nSPS) is 21.5. The third-order valence-electron chi connectivity index (χ3n) is 4.68. The smallest absolute Gasteiger partial charge is 0.204 e. The van der Waals surface area contributed by atoms with E-state index >= 15 is 0 Å². The van der Waals surface area contributed by atoms with Gasteiger partial charge in [-0.25, -0.2) is 0 Å². The van der Waals surface area contributed by atoms with Gasteiger partial charge in [-0.2, -0.15) is 0 Å². The second kappa shape index (κ2) is 5.03. The molecule has 3 aromatic rings. The maximum absolute atomic E-state index is 12.8. The lowest BCUT2D eigenvalue weighted by atomic mass is 9.87. The van der Waals surface area contributed by atoms with Crippen LogP contribution in [0.2, 0.25) is 0 Å². The van der Waals surface area contributed by atoms with Crippen molar-refractivity contribution in [1.29, 1.82) is 0 Å². The number of hydrogen-bond acceptors (Lipinski definition) is 8. The Hall–Kier alpha value is -2.97. The highest BCUT2D eigenvalue weighted by Crippen LogP contribution is 2.48. The average molecular weight is 360 g/mol. The van der Waals surface area contributed by atoms with Crippen molar-refractivity contribution in [2.75, 3.05) is 0 Å². The van der Waals surface area contributed by atoms with Crippen molar-refractivity contribution in [3.05, 3.63) is 34.0 Å². The van der Waals surface area contributed by atoms with E-state index < -0.39 is 34.7 Å². The number of aliphatic hydroxyl groups is 2. The van der Waals surface area contributed by atoms with Gasteiger partial charge < -0.3 is 34.7 Å². The van der Waals surface area contributed by atoms with Gasteiger partial charge in [0.2, 0.25) is 11.2 Å². The minimum absolute atomic E-state index is 0.0340. The highest BCUT2D eigenvalue weighted by atomic mass is 16.5. The Morgan fingerprint density at radius 2 is 1.77 bits per heavy atom. The van der Waals surface area contributed by atoms with E-state index in [9.17, 15) is 30.3 Å². The van der Waals surface area contributed by atoms with Gasteiger partial charge in [-0.15, -0.1) is 0 Å². The molecule has 0 amide bonds. The molecule has 2 atom stereocenters. The average Bonchev–Trinajstić information content (AvgIpc) is 2.54. The first-order valence-electron chi connectivity index (χ1n) is 7.85. The first-order chi connectivity index (χ1) is 12.1. The molecule has 1 aliphatic heterocycles. The summed E-state index contributed by atoms with van der Waals surface area (Å²) in [7, 11) is 0. The number of aliphatic hydroxyl groups excluding tert-OH is 2. The van der Waals surface area contributed by atoms with E-state index in [1.54, 1.807) is 13.8 Å². The van der Waals surface area contributed by atoms with Crippen molar-refractivity contribution in [3.8, 4) is 23.0 Å². The monoisotopic (exact) mass is 360 g/mol. The molecule has 5 N–H and O–H groups in total. The zero-order valence-corrected chi connectivity index (χ0v) is 13.8. The van der Waals surface area contributed by atoms with Crippen molar-refractivity contribution in [2.24, 2.45) is 0 Å². The molecule has 2 unspecified atom stereocenters. The van der Waals surface area contributed by atoms with Crippen LogP contribution >= 0.6 is 0 Å². The SMILES string of the molecule is CC1(C)Oc2c(cc3c(=O)c4c(O)cc(O)cc4oc3c2O)C(O)C1O. The summed E-state index contributed by atoms with van der Waals surface area (Å²) >= 11 is 0. The maximum Gasteiger partial charge on any atom is 0.204 e. The fraction of sp³-hybridized carbons (Fsp3) is 0.278. The van der Waals surface area contributed by atoms with Crippen molar-refractivity contribution in [3.63, 3.8) is 0 Å². The summed E-state index contributed by atoms with van der Waals surface area (Å²) in [6, 6.07) is 3.39. The van der Waals surface area contributed by atoms with Crippen LogP contribution in [0.3, 0.4) is 0 Å². The van der Waals surface area contributed by atoms with E-state index in [2.05, 4.69) is 0 Å². The lowest BCUT2D eigenvalue weighted by molar-refractivity contribution is -0.112. The van der Waals surface area contributed by atoms with Crippen LogP contribution in [0.25, 0.3) is 21.9 Å².